The third kappa shape index (κ3) is 3.05. The van der Waals surface area contributed by atoms with Gasteiger partial charge >= 0.3 is 0 Å². The topological polar surface area (TPSA) is 84.5 Å². The highest BCUT2D eigenvalue weighted by Gasteiger charge is 2.23. The van der Waals surface area contributed by atoms with Crippen molar-refractivity contribution >= 4 is 22.6 Å². The molecule has 1 aliphatic rings. The van der Waals surface area contributed by atoms with Gasteiger partial charge in [-0.1, -0.05) is 17.3 Å². The van der Waals surface area contributed by atoms with Gasteiger partial charge in [0.1, 0.15) is 5.69 Å². The van der Waals surface area contributed by atoms with Crippen LogP contribution in [0.2, 0.25) is 0 Å². The fourth-order valence-electron chi connectivity index (χ4n) is 3.17. The van der Waals surface area contributed by atoms with E-state index in [1.165, 1.54) is 4.68 Å². The smallest absolute Gasteiger partial charge is 0.268 e. The number of nitrogens with zero attached hydrogens (tertiary/aromatic N) is 5. The maximum atomic E-state index is 12.6. The van der Waals surface area contributed by atoms with Gasteiger partial charge in [0.25, 0.3) is 5.56 Å². The first kappa shape index (κ1) is 16.3. The molecule has 0 saturated carbocycles. The van der Waals surface area contributed by atoms with Gasteiger partial charge in [-0.05, 0) is 12.1 Å². The summed E-state index contributed by atoms with van der Waals surface area (Å²) >= 11 is 0. The van der Waals surface area contributed by atoms with E-state index in [0.717, 1.165) is 11.1 Å². The van der Waals surface area contributed by atoms with Gasteiger partial charge < -0.3 is 14.3 Å². The van der Waals surface area contributed by atoms with Crippen LogP contribution >= 0.6 is 0 Å². The fraction of sp³-hybridized carbons (Fsp3) is 0.333. The van der Waals surface area contributed by atoms with Gasteiger partial charge in [-0.2, -0.15) is 5.10 Å². The van der Waals surface area contributed by atoms with Crippen molar-refractivity contribution in [1.29, 1.82) is 0 Å². The molecule has 3 heterocycles. The number of piperazine rings is 1. The van der Waals surface area contributed by atoms with E-state index in [1.807, 2.05) is 29.2 Å². The van der Waals surface area contributed by atoms with Crippen LogP contribution in [0.3, 0.4) is 0 Å². The van der Waals surface area contributed by atoms with Crippen molar-refractivity contribution in [3.05, 3.63) is 52.6 Å². The molecule has 8 heteroatoms. The van der Waals surface area contributed by atoms with Gasteiger partial charge in [-0.3, -0.25) is 9.59 Å². The average molecular weight is 353 g/mol. The number of aryl methyl sites for hydroxylation is 1. The molecule has 0 spiro atoms. The van der Waals surface area contributed by atoms with Crippen molar-refractivity contribution in [3.8, 4) is 0 Å². The highest BCUT2D eigenvalue weighted by atomic mass is 16.5. The van der Waals surface area contributed by atoms with Crippen LogP contribution in [0.15, 0.2) is 45.8 Å². The van der Waals surface area contributed by atoms with Crippen molar-refractivity contribution in [1.82, 2.24) is 19.8 Å². The lowest BCUT2D eigenvalue weighted by atomic mass is 10.1. The fourth-order valence-corrected chi connectivity index (χ4v) is 3.17. The molecule has 0 bridgehead atoms. The summed E-state index contributed by atoms with van der Waals surface area (Å²) in [6.07, 6.45) is 1.91. The first-order chi connectivity index (χ1) is 12.6. The van der Waals surface area contributed by atoms with Crippen LogP contribution in [0.1, 0.15) is 5.69 Å². The Morgan fingerprint density at radius 1 is 1.19 bits per heavy atom. The van der Waals surface area contributed by atoms with E-state index in [2.05, 4.69) is 15.2 Å². The quantitative estimate of drug-likeness (QED) is 0.693. The van der Waals surface area contributed by atoms with Crippen LogP contribution in [0.4, 0.5) is 5.69 Å². The van der Waals surface area contributed by atoms with Crippen molar-refractivity contribution in [2.45, 2.75) is 6.42 Å². The second-order valence-corrected chi connectivity index (χ2v) is 6.35. The van der Waals surface area contributed by atoms with Crippen LogP contribution in [-0.4, -0.2) is 51.9 Å². The third-order valence-electron chi connectivity index (χ3n) is 4.72. The molecule has 1 aliphatic heterocycles. The molecule has 134 valence electrons. The van der Waals surface area contributed by atoms with E-state index in [1.54, 1.807) is 19.3 Å². The molecule has 0 unspecified atom stereocenters. The molecule has 1 aromatic carbocycles. The molecule has 8 nitrogen and oxygen atoms in total. The highest BCUT2D eigenvalue weighted by molar-refractivity contribution is 5.86. The van der Waals surface area contributed by atoms with Crippen molar-refractivity contribution in [3.63, 3.8) is 0 Å². The number of aromatic nitrogens is 3. The predicted molar refractivity (Wildman–Crippen MR) is 96.0 cm³/mol. The van der Waals surface area contributed by atoms with Gasteiger partial charge in [-0.25, -0.2) is 4.68 Å². The number of hydrogen-bond acceptors (Lipinski definition) is 6. The summed E-state index contributed by atoms with van der Waals surface area (Å²) in [6.45, 7) is 2.54. The zero-order valence-electron chi connectivity index (χ0n) is 14.5. The lowest BCUT2D eigenvalue weighted by molar-refractivity contribution is -0.130. The van der Waals surface area contributed by atoms with E-state index in [4.69, 9.17) is 4.52 Å². The molecule has 0 radical (unpaired) electrons. The third-order valence-corrected chi connectivity index (χ3v) is 4.72. The summed E-state index contributed by atoms with van der Waals surface area (Å²) in [7, 11) is 1.62. The molecular formula is C18H19N5O3. The van der Waals surface area contributed by atoms with Gasteiger partial charge in [-0.15, -0.1) is 0 Å². The minimum Gasteiger partial charge on any atom is -0.367 e. The van der Waals surface area contributed by atoms with Gasteiger partial charge in [0.15, 0.2) is 5.58 Å². The Morgan fingerprint density at radius 3 is 2.73 bits per heavy atom. The zero-order valence-corrected chi connectivity index (χ0v) is 14.5. The SMILES string of the molecule is Cn1ncc(N2CCN(C(=O)Cc3noc4ccccc34)CC2)cc1=O. The van der Waals surface area contributed by atoms with Gasteiger partial charge in [0, 0.05) is 44.7 Å². The Morgan fingerprint density at radius 2 is 1.96 bits per heavy atom. The zero-order chi connectivity index (χ0) is 18.1. The Bertz CT molecular complexity index is 1000. The lowest BCUT2D eigenvalue weighted by Gasteiger charge is -2.35. The van der Waals surface area contributed by atoms with Gasteiger partial charge in [0.05, 0.1) is 18.3 Å². The van der Waals surface area contributed by atoms with Crippen LogP contribution < -0.4 is 10.5 Å². The number of amides is 1. The monoisotopic (exact) mass is 353 g/mol. The Kier molecular flexibility index (Phi) is 4.16. The molecule has 26 heavy (non-hydrogen) atoms. The molecule has 0 N–H and O–H groups in total. The lowest BCUT2D eigenvalue weighted by Crippen LogP contribution is -2.49. The van der Waals surface area contributed by atoms with E-state index in [-0.39, 0.29) is 17.9 Å². The summed E-state index contributed by atoms with van der Waals surface area (Å²) in [5.74, 6) is 0.0332. The second-order valence-electron chi connectivity index (χ2n) is 6.35. The number of hydrogen-bond donors (Lipinski definition) is 0. The Labute approximate surface area is 149 Å². The molecule has 1 amide bonds. The van der Waals surface area contributed by atoms with E-state index < -0.39 is 0 Å². The molecule has 0 atom stereocenters. The molecular weight excluding hydrogens is 334 g/mol. The summed E-state index contributed by atoms with van der Waals surface area (Å²) in [6, 6.07) is 9.11. The van der Waals surface area contributed by atoms with Crippen molar-refractivity contribution in [2.75, 3.05) is 31.1 Å². The first-order valence-electron chi connectivity index (χ1n) is 8.51. The number of fused-ring (bicyclic) bond motifs is 1. The van der Waals surface area contributed by atoms with E-state index in [9.17, 15) is 9.59 Å². The standard InChI is InChI=1S/C18H19N5O3/c1-21-17(24)10-13(12-19-21)22-6-8-23(9-7-22)18(25)11-15-14-4-2-3-5-16(14)26-20-15/h2-5,10,12H,6-9,11H2,1H3. The summed E-state index contributed by atoms with van der Waals surface area (Å²) in [4.78, 5) is 28.2. The molecule has 1 saturated heterocycles. The van der Waals surface area contributed by atoms with Crippen molar-refractivity contribution < 1.29 is 9.32 Å². The average Bonchev–Trinajstić information content (AvgIpc) is 3.07. The van der Waals surface area contributed by atoms with Gasteiger partial charge in [0.2, 0.25) is 5.91 Å². The molecule has 2 aromatic heterocycles. The number of rotatable bonds is 3. The number of carbonyl (C=O) groups excluding carboxylic acids is 1. The number of anilines is 1. The molecule has 3 aromatic rings. The normalized spacial score (nSPS) is 14.8. The van der Waals surface area contributed by atoms with E-state index >= 15 is 0 Å². The largest absolute Gasteiger partial charge is 0.367 e. The summed E-state index contributed by atoms with van der Waals surface area (Å²) in [5.41, 5.74) is 2.02. The van der Waals surface area contributed by atoms with E-state index in [0.29, 0.717) is 37.5 Å². The first-order valence-corrected chi connectivity index (χ1v) is 8.51. The van der Waals surface area contributed by atoms with Crippen LogP contribution in [0.25, 0.3) is 11.0 Å². The maximum absolute atomic E-state index is 12.6. The molecule has 1 fully saturated rings. The Balaban J connectivity index is 1.40. The number of carbonyl (C=O) groups is 1. The minimum atomic E-state index is -0.140. The molecule has 0 aliphatic carbocycles. The van der Waals surface area contributed by atoms with Crippen LogP contribution in [0, 0.1) is 0 Å². The second kappa shape index (κ2) is 6.62. The van der Waals surface area contributed by atoms with Crippen LogP contribution in [0.5, 0.6) is 0 Å². The highest BCUT2D eigenvalue weighted by Crippen LogP contribution is 2.19. The minimum absolute atomic E-state index is 0.0332. The maximum Gasteiger partial charge on any atom is 0.268 e. The van der Waals surface area contributed by atoms with Crippen molar-refractivity contribution in [2.24, 2.45) is 7.05 Å². The Hall–Kier alpha value is -3.16. The number of benzene rings is 1. The summed E-state index contributed by atoms with van der Waals surface area (Å²) in [5, 5.41) is 8.96. The predicted octanol–water partition coefficient (Wildman–Crippen LogP) is 0.813. The summed E-state index contributed by atoms with van der Waals surface area (Å²) < 4.78 is 6.56. The van der Waals surface area contributed by atoms with Crippen LogP contribution in [-0.2, 0) is 18.3 Å². The molecule has 4 rings (SSSR count). The number of para-hydroxylation sites is 1.